The summed E-state index contributed by atoms with van der Waals surface area (Å²) in [6.45, 7) is 3.59. The van der Waals surface area contributed by atoms with E-state index in [-0.39, 0.29) is 5.91 Å². The summed E-state index contributed by atoms with van der Waals surface area (Å²) in [6, 6.07) is 0. The Balaban J connectivity index is 1.73. The van der Waals surface area contributed by atoms with Crippen molar-refractivity contribution in [2.24, 2.45) is 0 Å². The molecule has 2 rings (SSSR count). The van der Waals surface area contributed by atoms with Crippen molar-refractivity contribution < 1.29 is 4.79 Å². The average Bonchev–Trinajstić information content (AvgIpc) is 2.81. The summed E-state index contributed by atoms with van der Waals surface area (Å²) in [4.78, 5) is 15.9. The van der Waals surface area contributed by atoms with Crippen molar-refractivity contribution in [3.8, 4) is 0 Å². The fraction of sp³-hybridized carbons (Fsp3) is 0.833. The van der Waals surface area contributed by atoms with Gasteiger partial charge in [0.2, 0.25) is 5.91 Å². The Morgan fingerprint density at radius 2 is 1.81 bits per heavy atom. The lowest BCUT2D eigenvalue weighted by Crippen LogP contribution is -2.38. The highest BCUT2D eigenvalue weighted by Crippen LogP contribution is 2.13. The first-order valence-electron chi connectivity index (χ1n) is 6.37. The molecule has 0 spiro atoms. The second-order valence-electron chi connectivity index (χ2n) is 4.73. The SMILES string of the molecule is N=C1CCCCN1CCC(=O)N1CCCC1. The van der Waals surface area contributed by atoms with Gasteiger partial charge in [-0.25, -0.2) is 0 Å². The molecule has 0 aromatic rings. The van der Waals surface area contributed by atoms with Gasteiger partial charge in [-0.2, -0.15) is 0 Å². The number of nitrogens with one attached hydrogen (secondary N) is 1. The van der Waals surface area contributed by atoms with Crippen LogP contribution in [-0.2, 0) is 4.79 Å². The number of nitrogens with zero attached hydrogens (tertiary/aromatic N) is 2. The highest BCUT2D eigenvalue weighted by Gasteiger charge is 2.20. The van der Waals surface area contributed by atoms with E-state index < -0.39 is 0 Å². The number of piperidine rings is 1. The summed E-state index contributed by atoms with van der Waals surface area (Å²) in [7, 11) is 0. The van der Waals surface area contributed by atoms with E-state index in [1.807, 2.05) is 4.90 Å². The van der Waals surface area contributed by atoms with Crippen LogP contribution < -0.4 is 0 Å². The molecule has 0 atom stereocenters. The van der Waals surface area contributed by atoms with Gasteiger partial charge >= 0.3 is 0 Å². The summed E-state index contributed by atoms with van der Waals surface area (Å²) in [5.74, 6) is 0.997. The Bertz CT molecular complexity index is 271. The van der Waals surface area contributed by atoms with E-state index in [9.17, 15) is 4.79 Å². The predicted molar refractivity (Wildman–Crippen MR) is 63.6 cm³/mol. The van der Waals surface area contributed by atoms with E-state index in [1.54, 1.807) is 0 Å². The van der Waals surface area contributed by atoms with E-state index in [4.69, 9.17) is 5.41 Å². The summed E-state index contributed by atoms with van der Waals surface area (Å²) in [5.41, 5.74) is 0. The third-order valence-corrected chi connectivity index (χ3v) is 3.53. The Kier molecular flexibility index (Phi) is 3.80. The molecule has 0 radical (unpaired) electrons. The summed E-state index contributed by atoms with van der Waals surface area (Å²) < 4.78 is 0. The van der Waals surface area contributed by atoms with Crippen LogP contribution in [0.2, 0.25) is 0 Å². The van der Waals surface area contributed by atoms with Crippen LogP contribution in [0.15, 0.2) is 0 Å². The van der Waals surface area contributed by atoms with Gasteiger partial charge in [0.15, 0.2) is 0 Å². The van der Waals surface area contributed by atoms with Crippen LogP contribution in [-0.4, -0.2) is 47.7 Å². The number of hydrogen-bond acceptors (Lipinski definition) is 2. The molecule has 90 valence electrons. The van der Waals surface area contributed by atoms with E-state index in [0.717, 1.165) is 57.7 Å². The average molecular weight is 223 g/mol. The smallest absolute Gasteiger partial charge is 0.224 e. The van der Waals surface area contributed by atoms with Gasteiger partial charge in [0.25, 0.3) is 0 Å². The van der Waals surface area contributed by atoms with Crippen molar-refractivity contribution in [3.63, 3.8) is 0 Å². The van der Waals surface area contributed by atoms with Crippen LogP contribution in [0.25, 0.3) is 0 Å². The fourth-order valence-electron chi connectivity index (χ4n) is 2.49. The molecule has 2 fully saturated rings. The lowest BCUT2D eigenvalue weighted by atomic mass is 10.1. The van der Waals surface area contributed by atoms with Crippen molar-refractivity contribution >= 4 is 11.7 Å². The fourth-order valence-corrected chi connectivity index (χ4v) is 2.49. The quantitative estimate of drug-likeness (QED) is 0.787. The maximum atomic E-state index is 11.8. The molecule has 0 bridgehead atoms. The number of likely N-dealkylation sites (tertiary alicyclic amines) is 2. The number of rotatable bonds is 3. The standard InChI is InChI=1S/C12H21N3O/c13-11-5-1-2-7-14(11)10-6-12(16)15-8-3-4-9-15/h13H,1-10H2. The summed E-state index contributed by atoms with van der Waals surface area (Å²) in [6.07, 6.45) is 6.09. The zero-order valence-electron chi connectivity index (χ0n) is 9.87. The highest BCUT2D eigenvalue weighted by molar-refractivity contribution is 5.81. The van der Waals surface area contributed by atoms with Crippen molar-refractivity contribution in [3.05, 3.63) is 0 Å². The van der Waals surface area contributed by atoms with Gasteiger partial charge in [0.1, 0.15) is 0 Å². The molecular weight excluding hydrogens is 202 g/mol. The number of amidine groups is 1. The normalized spacial score (nSPS) is 21.6. The third kappa shape index (κ3) is 2.74. The zero-order chi connectivity index (χ0) is 11.4. The third-order valence-electron chi connectivity index (χ3n) is 3.53. The largest absolute Gasteiger partial charge is 0.360 e. The molecule has 0 saturated carbocycles. The van der Waals surface area contributed by atoms with E-state index in [0.29, 0.717) is 6.42 Å². The minimum Gasteiger partial charge on any atom is -0.360 e. The number of carbonyl (C=O) groups excluding carboxylic acids is 1. The maximum Gasteiger partial charge on any atom is 0.224 e. The predicted octanol–water partition coefficient (Wildman–Crippen LogP) is 1.46. The van der Waals surface area contributed by atoms with Gasteiger partial charge in [-0.05, 0) is 25.7 Å². The maximum absolute atomic E-state index is 11.8. The monoisotopic (exact) mass is 223 g/mol. The molecular formula is C12H21N3O. The molecule has 4 heteroatoms. The molecule has 2 aliphatic rings. The molecule has 4 nitrogen and oxygen atoms in total. The van der Waals surface area contributed by atoms with Gasteiger partial charge in [-0.15, -0.1) is 0 Å². The van der Waals surface area contributed by atoms with Gasteiger partial charge in [0.05, 0.1) is 5.84 Å². The molecule has 2 aliphatic heterocycles. The van der Waals surface area contributed by atoms with Gasteiger partial charge in [-0.1, -0.05) is 0 Å². The lowest BCUT2D eigenvalue weighted by molar-refractivity contribution is -0.130. The second kappa shape index (κ2) is 5.32. The van der Waals surface area contributed by atoms with Crippen molar-refractivity contribution in [1.29, 1.82) is 5.41 Å². The first kappa shape index (κ1) is 11.4. The Labute approximate surface area is 97.1 Å². The van der Waals surface area contributed by atoms with Crippen LogP contribution in [0.1, 0.15) is 38.5 Å². The minimum atomic E-state index is 0.274. The highest BCUT2D eigenvalue weighted by atomic mass is 16.2. The molecule has 2 saturated heterocycles. The first-order chi connectivity index (χ1) is 7.77. The molecule has 0 aliphatic carbocycles. The molecule has 16 heavy (non-hydrogen) atoms. The Hall–Kier alpha value is -1.06. The molecule has 0 unspecified atom stereocenters. The molecule has 1 N–H and O–H groups in total. The molecule has 0 aromatic carbocycles. The second-order valence-corrected chi connectivity index (χ2v) is 4.73. The van der Waals surface area contributed by atoms with Gasteiger partial charge in [-0.3, -0.25) is 10.2 Å². The van der Waals surface area contributed by atoms with E-state index in [2.05, 4.69) is 4.90 Å². The van der Waals surface area contributed by atoms with E-state index in [1.165, 1.54) is 6.42 Å². The van der Waals surface area contributed by atoms with Crippen molar-refractivity contribution in [2.45, 2.75) is 38.5 Å². The number of amides is 1. The molecule has 2 heterocycles. The van der Waals surface area contributed by atoms with Crippen LogP contribution in [0.4, 0.5) is 0 Å². The van der Waals surface area contributed by atoms with E-state index >= 15 is 0 Å². The van der Waals surface area contributed by atoms with Gasteiger partial charge < -0.3 is 9.80 Å². The number of carbonyl (C=O) groups is 1. The van der Waals surface area contributed by atoms with Gasteiger partial charge in [0, 0.05) is 39.0 Å². The topological polar surface area (TPSA) is 47.4 Å². The van der Waals surface area contributed by atoms with Crippen molar-refractivity contribution in [2.75, 3.05) is 26.2 Å². The first-order valence-corrected chi connectivity index (χ1v) is 6.37. The Morgan fingerprint density at radius 1 is 1.12 bits per heavy atom. The van der Waals surface area contributed by atoms with Crippen LogP contribution in [0.5, 0.6) is 0 Å². The van der Waals surface area contributed by atoms with Crippen LogP contribution in [0.3, 0.4) is 0 Å². The summed E-state index contributed by atoms with van der Waals surface area (Å²) in [5, 5.41) is 7.80. The molecule has 1 amide bonds. The zero-order valence-corrected chi connectivity index (χ0v) is 9.87. The lowest BCUT2D eigenvalue weighted by Gasteiger charge is -2.29. The summed E-state index contributed by atoms with van der Waals surface area (Å²) >= 11 is 0. The Morgan fingerprint density at radius 3 is 2.50 bits per heavy atom. The number of hydrogen-bond donors (Lipinski definition) is 1. The minimum absolute atomic E-state index is 0.274. The van der Waals surface area contributed by atoms with Crippen LogP contribution in [0, 0.1) is 5.41 Å². The van der Waals surface area contributed by atoms with Crippen LogP contribution >= 0.6 is 0 Å². The van der Waals surface area contributed by atoms with Crippen molar-refractivity contribution in [1.82, 2.24) is 9.80 Å². The molecule has 0 aromatic heterocycles.